The standard InChI is InChI=1S/C15H14ClNO2/c16-11-4-1-3-10(9-11)14(17)12-5-2-6-13-15(12)19-8-7-18-13/h1-6,9,14H,7-8,17H2. The first kappa shape index (κ1) is 12.3. The maximum absolute atomic E-state index is 6.32. The van der Waals surface area contributed by atoms with E-state index in [9.17, 15) is 0 Å². The summed E-state index contributed by atoms with van der Waals surface area (Å²) in [5, 5.41) is 0.676. The largest absolute Gasteiger partial charge is 0.486 e. The molecule has 0 fully saturated rings. The van der Waals surface area contributed by atoms with Gasteiger partial charge in [-0.1, -0.05) is 35.9 Å². The third kappa shape index (κ3) is 2.39. The summed E-state index contributed by atoms with van der Waals surface area (Å²) >= 11 is 6.01. The van der Waals surface area contributed by atoms with Crippen LogP contribution >= 0.6 is 11.6 Å². The van der Waals surface area contributed by atoms with E-state index in [2.05, 4.69) is 0 Å². The fourth-order valence-electron chi connectivity index (χ4n) is 2.22. The first-order valence-corrected chi connectivity index (χ1v) is 6.53. The molecule has 0 amide bonds. The van der Waals surface area contributed by atoms with Gasteiger partial charge in [0.15, 0.2) is 11.5 Å². The van der Waals surface area contributed by atoms with E-state index in [1.54, 1.807) is 0 Å². The van der Waals surface area contributed by atoms with Crippen molar-refractivity contribution in [2.45, 2.75) is 6.04 Å². The van der Waals surface area contributed by atoms with Gasteiger partial charge in [0.05, 0.1) is 6.04 Å². The highest BCUT2D eigenvalue weighted by Gasteiger charge is 2.20. The Morgan fingerprint density at radius 1 is 1.05 bits per heavy atom. The molecule has 2 N–H and O–H groups in total. The lowest BCUT2D eigenvalue weighted by molar-refractivity contribution is 0.169. The van der Waals surface area contributed by atoms with Crippen LogP contribution in [0.15, 0.2) is 42.5 Å². The van der Waals surface area contributed by atoms with E-state index >= 15 is 0 Å². The zero-order chi connectivity index (χ0) is 13.2. The van der Waals surface area contributed by atoms with Crippen LogP contribution in [0.25, 0.3) is 0 Å². The molecule has 1 atom stereocenters. The van der Waals surface area contributed by atoms with Crippen LogP contribution < -0.4 is 15.2 Å². The normalized spacial score (nSPS) is 15.1. The van der Waals surface area contributed by atoms with Gasteiger partial charge in [-0.05, 0) is 23.8 Å². The summed E-state index contributed by atoms with van der Waals surface area (Å²) < 4.78 is 11.3. The second-order valence-corrected chi connectivity index (χ2v) is 4.84. The molecule has 0 saturated heterocycles. The van der Waals surface area contributed by atoms with Gasteiger partial charge in [0.2, 0.25) is 0 Å². The summed E-state index contributed by atoms with van der Waals surface area (Å²) in [5.74, 6) is 1.49. The maximum Gasteiger partial charge on any atom is 0.166 e. The Balaban J connectivity index is 2.02. The van der Waals surface area contributed by atoms with Crippen LogP contribution in [-0.4, -0.2) is 13.2 Å². The van der Waals surface area contributed by atoms with E-state index in [-0.39, 0.29) is 6.04 Å². The molecule has 1 unspecified atom stereocenters. The third-order valence-corrected chi connectivity index (χ3v) is 3.37. The number of halogens is 1. The summed E-state index contributed by atoms with van der Waals surface area (Å²) in [6.07, 6.45) is 0. The minimum absolute atomic E-state index is 0.282. The summed E-state index contributed by atoms with van der Waals surface area (Å²) in [6.45, 7) is 1.12. The molecule has 2 aromatic rings. The van der Waals surface area contributed by atoms with Crippen LogP contribution in [0.1, 0.15) is 17.2 Å². The highest BCUT2D eigenvalue weighted by molar-refractivity contribution is 6.30. The van der Waals surface area contributed by atoms with Crippen LogP contribution in [0, 0.1) is 0 Å². The van der Waals surface area contributed by atoms with Gasteiger partial charge in [0.25, 0.3) is 0 Å². The summed E-state index contributed by atoms with van der Waals surface area (Å²) in [7, 11) is 0. The van der Waals surface area contributed by atoms with Crippen molar-refractivity contribution in [2.24, 2.45) is 5.73 Å². The first-order valence-electron chi connectivity index (χ1n) is 6.15. The molecule has 0 aromatic heterocycles. The molecule has 0 spiro atoms. The Morgan fingerprint density at radius 2 is 1.84 bits per heavy atom. The summed E-state index contributed by atoms with van der Waals surface area (Å²) in [6, 6.07) is 13.0. The van der Waals surface area contributed by atoms with Crippen molar-refractivity contribution in [1.82, 2.24) is 0 Å². The second-order valence-electron chi connectivity index (χ2n) is 4.40. The lowest BCUT2D eigenvalue weighted by Gasteiger charge is -2.23. The molecule has 1 aliphatic heterocycles. The molecule has 0 saturated carbocycles. The summed E-state index contributed by atoms with van der Waals surface area (Å²) in [4.78, 5) is 0. The van der Waals surface area contributed by atoms with Gasteiger partial charge in [-0.3, -0.25) is 0 Å². The predicted molar refractivity (Wildman–Crippen MR) is 74.9 cm³/mol. The fraction of sp³-hybridized carbons (Fsp3) is 0.200. The Kier molecular flexibility index (Phi) is 3.32. The van der Waals surface area contributed by atoms with Crippen molar-refractivity contribution < 1.29 is 9.47 Å². The van der Waals surface area contributed by atoms with Gasteiger partial charge in [-0.2, -0.15) is 0 Å². The predicted octanol–water partition coefficient (Wildman–Crippen LogP) is 3.16. The van der Waals surface area contributed by atoms with E-state index in [1.807, 2.05) is 42.5 Å². The molecule has 1 aliphatic rings. The number of ether oxygens (including phenoxy) is 2. The molecule has 1 heterocycles. The monoisotopic (exact) mass is 275 g/mol. The van der Waals surface area contributed by atoms with Crippen LogP contribution in [0.3, 0.4) is 0 Å². The molecule has 0 aliphatic carbocycles. The minimum atomic E-state index is -0.282. The molecule has 4 heteroatoms. The van der Waals surface area contributed by atoms with Crippen molar-refractivity contribution in [3.05, 3.63) is 58.6 Å². The average Bonchev–Trinajstić information content (AvgIpc) is 2.46. The Hall–Kier alpha value is -1.71. The fourth-order valence-corrected chi connectivity index (χ4v) is 2.42. The SMILES string of the molecule is NC(c1cccc(Cl)c1)c1cccc2c1OCCO2. The number of fused-ring (bicyclic) bond motifs is 1. The van der Waals surface area contributed by atoms with Gasteiger partial charge in [-0.15, -0.1) is 0 Å². The van der Waals surface area contributed by atoms with Crippen molar-refractivity contribution in [3.63, 3.8) is 0 Å². The van der Waals surface area contributed by atoms with Crippen LogP contribution in [0.4, 0.5) is 0 Å². The van der Waals surface area contributed by atoms with Gasteiger partial charge in [0.1, 0.15) is 13.2 Å². The Morgan fingerprint density at radius 3 is 2.68 bits per heavy atom. The van der Waals surface area contributed by atoms with Crippen LogP contribution in [-0.2, 0) is 0 Å². The van der Waals surface area contributed by atoms with Gasteiger partial charge < -0.3 is 15.2 Å². The number of benzene rings is 2. The third-order valence-electron chi connectivity index (χ3n) is 3.14. The number of rotatable bonds is 2. The van der Waals surface area contributed by atoms with Crippen LogP contribution in [0.2, 0.25) is 5.02 Å². The quantitative estimate of drug-likeness (QED) is 0.916. The molecule has 0 radical (unpaired) electrons. The zero-order valence-corrected chi connectivity index (χ0v) is 11.1. The number of hydrogen-bond donors (Lipinski definition) is 1. The lowest BCUT2D eigenvalue weighted by Crippen LogP contribution is -2.20. The highest BCUT2D eigenvalue weighted by Crippen LogP contribution is 2.38. The molecule has 3 rings (SSSR count). The first-order chi connectivity index (χ1) is 9.25. The van der Waals surface area contributed by atoms with Crippen LogP contribution in [0.5, 0.6) is 11.5 Å². The molecule has 2 aromatic carbocycles. The minimum Gasteiger partial charge on any atom is -0.486 e. The molecule has 0 bridgehead atoms. The summed E-state index contributed by atoms with van der Waals surface area (Å²) in [5.41, 5.74) is 8.19. The number of nitrogens with two attached hydrogens (primary N) is 1. The number of para-hydroxylation sites is 1. The van der Waals surface area contributed by atoms with E-state index < -0.39 is 0 Å². The highest BCUT2D eigenvalue weighted by atomic mass is 35.5. The second kappa shape index (κ2) is 5.11. The van der Waals surface area contributed by atoms with Crippen molar-refractivity contribution >= 4 is 11.6 Å². The molecule has 3 nitrogen and oxygen atoms in total. The van der Waals surface area contributed by atoms with E-state index in [4.69, 9.17) is 26.8 Å². The molecular weight excluding hydrogens is 262 g/mol. The molecular formula is C15H14ClNO2. The molecule has 98 valence electrons. The topological polar surface area (TPSA) is 44.5 Å². The Labute approximate surface area is 116 Å². The molecule has 19 heavy (non-hydrogen) atoms. The van der Waals surface area contributed by atoms with Crippen molar-refractivity contribution in [1.29, 1.82) is 0 Å². The average molecular weight is 276 g/mol. The van der Waals surface area contributed by atoms with Gasteiger partial charge >= 0.3 is 0 Å². The van der Waals surface area contributed by atoms with Gasteiger partial charge in [-0.25, -0.2) is 0 Å². The maximum atomic E-state index is 6.32. The van der Waals surface area contributed by atoms with E-state index in [0.717, 1.165) is 22.6 Å². The van der Waals surface area contributed by atoms with Crippen molar-refractivity contribution in [3.8, 4) is 11.5 Å². The van der Waals surface area contributed by atoms with Gasteiger partial charge in [0, 0.05) is 10.6 Å². The van der Waals surface area contributed by atoms with Crippen molar-refractivity contribution in [2.75, 3.05) is 13.2 Å². The Bertz CT molecular complexity index is 600. The lowest BCUT2D eigenvalue weighted by atomic mass is 9.98. The van der Waals surface area contributed by atoms with E-state index in [1.165, 1.54) is 0 Å². The smallest absolute Gasteiger partial charge is 0.166 e. The van der Waals surface area contributed by atoms with E-state index in [0.29, 0.717) is 18.2 Å². The number of hydrogen-bond acceptors (Lipinski definition) is 3. The zero-order valence-electron chi connectivity index (χ0n) is 10.3.